The monoisotopic (exact) mass is 660 g/mol. The average Bonchev–Trinajstić information content (AvgIpc) is 3.09. The highest BCUT2D eigenvalue weighted by Gasteiger charge is 2.35. The maximum Gasteiger partial charge on any atom is 0.318 e. The molecule has 6 rings (SSSR count). The van der Waals surface area contributed by atoms with Gasteiger partial charge in [0, 0.05) is 40.4 Å². The number of hydrogen-bond donors (Lipinski definition) is 1. The van der Waals surface area contributed by atoms with Crippen molar-refractivity contribution < 1.29 is 18.3 Å². The summed E-state index contributed by atoms with van der Waals surface area (Å²) in [6, 6.07) is 39.1. The summed E-state index contributed by atoms with van der Waals surface area (Å²) in [6.07, 6.45) is 1.67. The predicted molar refractivity (Wildman–Crippen MR) is 189 cm³/mol. The topological polar surface area (TPSA) is 52.6 Å². The van der Waals surface area contributed by atoms with Crippen LogP contribution in [-0.2, 0) is 6.61 Å². The van der Waals surface area contributed by atoms with Crippen molar-refractivity contribution in [2.24, 2.45) is 0 Å². The number of fused-ring (bicyclic) bond motifs is 1. The molecule has 0 atom stereocenters. The van der Waals surface area contributed by atoms with Crippen LogP contribution in [0.15, 0.2) is 128 Å². The Morgan fingerprint density at radius 1 is 0.787 bits per heavy atom. The number of hydrogen-bond acceptors (Lipinski definition) is 5. The quantitative estimate of drug-likeness (QED) is 0.132. The Labute approximate surface area is 282 Å². The Bertz CT molecular complexity index is 1920. The maximum atomic E-state index is 15.4. The van der Waals surface area contributed by atoms with E-state index in [2.05, 4.69) is 72.7 Å². The first-order valence-electron chi connectivity index (χ1n) is 15.3. The van der Waals surface area contributed by atoms with E-state index in [4.69, 9.17) is 25.5 Å². The van der Waals surface area contributed by atoms with E-state index in [1.54, 1.807) is 25.4 Å². The maximum absolute atomic E-state index is 15.4. The lowest BCUT2D eigenvalue weighted by molar-refractivity contribution is 0.285. The van der Waals surface area contributed by atoms with Crippen LogP contribution in [0, 0.1) is 5.82 Å². The number of rotatable bonds is 12. The van der Waals surface area contributed by atoms with E-state index in [1.807, 2.05) is 54.6 Å². The molecule has 0 aliphatic carbocycles. The first-order chi connectivity index (χ1) is 22.8. The zero-order valence-corrected chi connectivity index (χ0v) is 28.1. The van der Waals surface area contributed by atoms with E-state index in [0.717, 1.165) is 10.9 Å². The van der Waals surface area contributed by atoms with Gasteiger partial charge in [0.15, 0.2) is 11.5 Å². The summed E-state index contributed by atoms with van der Waals surface area (Å²) in [7, 11) is 1.61. The third kappa shape index (κ3) is 7.43. The third-order valence-electron chi connectivity index (χ3n) is 7.97. The molecule has 0 saturated carbocycles. The molecule has 0 spiro atoms. The van der Waals surface area contributed by atoms with Gasteiger partial charge in [-0.25, -0.2) is 4.39 Å². The highest BCUT2D eigenvalue weighted by Crippen LogP contribution is 2.46. The van der Waals surface area contributed by atoms with Gasteiger partial charge in [0.05, 0.1) is 23.3 Å². The zero-order valence-electron chi connectivity index (χ0n) is 26.3. The molecule has 0 aliphatic rings. The summed E-state index contributed by atoms with van der Waals surface area (Å²) >= 11 is 6.54. The van der Waals surface area contributed by atoms with Gasteiger partial charge in [-0.1, -0.05) is 116 Å². The second-order valence-electron chi connectivity index (χ2n) is 11.7. The highest BCUT2D eigenvalue weighted by molar-refractivity contribution is 6.36. The minimum atomic E-state index is -0.504. The Balaban J connectivity index is 1.25. The van der Waals surface area contributed by atoms with Gasteiger partial charge >= 0.3 is 9.76 Å². The van der Waals surface area contributed by atoms with Crippen LogP contribution in [0.5, 0.6) is 17.2 Å². The summed E-state index contributed by atoms with van der Waals surface area (Å²) in [6.45, 7) is 4.75. The summed E-state index contributed by atoms with van der Waals surface area (Å²) in [5, 5.41) is 3.87. The van der Waals surface area contributed by atoms with Gasteiger partial charge in [0.1, 0.15) is 18.2 Å². The summed E-state index contributed by atoms with van der Waals surface area (Å²) < 4.78 is 33.5. The number of halogens is 2. The van der Waals surface area contributed by atoms with Gasteiger partial charge in [-0.3, -0.25) is 4.98 Å². The molecule has 6 aromatic rings. The summed E-state index contributed by atoms with van der Waals surface area (Å²) in [5.41, 5.74) is 4.97. The first kappa shape index (κ1) is 32.1. The van der Waals surface area contributed by atoms with Gasteiger partial charge in [0.2, 0.25) is 0 Å². The largest absolute Gasteiger partial charge is 0.539 e. The van der Waals surface area contributed by atoms with Crippen molar-refractivity contribution in [3.05, 3.63) is 155 Å². The third-order valence-corrected chi connectivity index (χ3v) is 9.40. The minimum Gasteiger partial charge on any atom is -0.539 e. The fourth-order valence-corrected chi connectivity index (χ4v) is 6.93. The molecule has 0 saturated heterocycles. The average molecular weight is 661 g/mol. The fraction of sp³-hybridized carbons (Fsp3) is 0.154. The lowest BCUT2D eigenvalue weighted by Gasteiger charge is -2.34. The number of aromatic nitrogens is 1. The van der Waals surface area contributed by atoms with E-state index >= 15 is 4.39 Å². The highest BCUT2D eigenvalue weighted by atomic mass is 35.5. The molecule has 2 radical (unpaired) electrons. The van der Waals surface area contributed by atoms with Crippen LogP contribution >= 0.6 is 11.6 Å². The van der Waals surface area contributed by atoms with Gasteiger partial charge in [-0.2, -0.15) is 0 Å². The van der Waals surface area contributed by atoms with Crippen molar-refractivity contribution in [2.75, 3.05) is 12.4 Å². The second-order valence-corrected chi connectivity index (χ2v) is 13.8. The second kappa shape index (κ2) is 14.3. The molecule has 236 valence electrons. The van der Waals surface area contributed by atoms with Gasteiger partial charge in [0.25, 0.3) is 0 Å². The normalized spacial score (nSPS) is 11.4. The molecule has 47 heavy (non-hydrogen) atoms. The number of benzene rings is 5. The van der Waals surface area contributed by atoms with E-state index < -0.39 is 5.82 Å². The van der Waals surface area contributed by atoms with E-state index in [9.17, 15) is 0 Å². The van der Waals surface area contributed by atoms with Crippen molar-refractivity contribution in [2.45, 2.75) is 31.4 Å². The predicted octanol–water partition coefficient (Wildman–Crippen LogP) is 10.4. The Kier molecular flexibility index (Phi) is 9.75. The molecule has 1 N–H and O–H groups in total. The number of pyridine rings is 1. The molecular formula is C39H34ClFN2O3Si. The van der Waals surface area contributed by atoms with Crippen LogP contribution in [0.3, 0.4) is 0 Å². The van der Waals surface area contributed by atoms with Crippen LogP contribution in [0.4, 0.5) is 15.8 Å². The number of methoxy groups -OCH3 is 1. The smallest absolute Gasteiger partial charge is 0.318 e. The van der Waals surface area contributed by atoms with E-state index in [-0.39, 0.29) is 31.4 Å². The van der Waals surface area contributed by atoms with Gasteiger partial charge in [-0.05, 0) is 34.9 Å². The Hall–Kier alpha value is -4.85. The minimum absolute atomic E-state index is 0.0204. The standard InChI is InChI=1S/C39H34ClFN2O3Si/c1-39(2,38(27-15-9-5-10-16-27)28-17-11-6-12-18-28)47-46-35-24-34(31(41)22-30(35)40)43-32-19-20-42-33-23-37(36(44-3)21-29(32)33)45-25-26-13-7-4-8-14-26/h4-24,38H,25H2,1-3H3,(H,42,43). The molecule has 0 fully saturated rings. The molecule has 5 nitrogen and oxygen atoms in total. The van der Waals surface area contributed by atoms with Crippen LogP contribution < -0.4 is 19.2 Å². The molecule has 0 aliphatic heterocycles. The number of anilines is 2. The van der Waals surface area contributed by atoms with Crippen LogP contribution in [0.1, 0.15) is 36.5 Å². The number of nitrogens with zero attached hydrogens (tertiary/aromatic N) is 1. The lowest BCUT2D eigenvalue weighted by atomic mass is 9.82. The SMILES string of the molecule is COc1cc2c(Nc3cc(O[Si]C(C)(C)C(c4ccccc4)c4ccccc4)c(Cl)cc3F)ccnc2cc1OCc1ccccc1. The van der Waals surface area contributed by atoms with Crippen LogP contribution in [0.2, 0.25) is 10.1 Å². The molecule has 1 heterocycles. The summed E-state index contributed by atoms with van der Waals surface area (Å²) in [5.74, 6) is 1.07. The molecular weight excluding hydrogens is 627 g/mol. The Morgan fingerprint density at radius 3 is 2.06 bits per heavy atom. The summed E-state index contributed by atoms with van der Waals surface area (Å²) in [4.78, 5) is 4.54. The molecule has 5 aromatic carbocycles. The lowest BCUT2D eigenvalue weighted by Crippen LogP contribution is -2.27. The number of ether oxygens (including phenoxy) is 2. The van der Waals surface area contributed by atoms with Gasteiger partial charge in [-0.15, -0.1) is 0 Å². The number of nitrogens with one attached hydrogen (secondary N) is 1. The molecule has 0 unspecified atom stereocenters. The van der Waals surface area contributed by atoms with E-state index in [0.29, 0.717) is 35.1 Å². The van der Waals surface area contributed by atoms with Crippen LogP contribution in [-0.4, -0.2) is 21.9 Å². The van der Waals surface area contributed by atoms with E-state index in [1.165, 1.54) is 17.2 Å². The van der Waals surface area contributed by atoms with Crippen molar-refractivity contribution >= 4 is 43.6 Å². The molecule has 1 aromatic heterocycles. The van der Waals surface area contributed by atoms with Crippen molar-refractivity contribution in [3.8, 4) is 17.2 Å². The fourth-order valence-electron chi connectivity index (χ4n) is 5.68. The van der Waals surface area contributed by atoms with Crippen molar-refractivity contribution in [3.63, 3.8) is 0 Å². The zero-order chi connectivity index (χ0) is 32.8. The van der Waals surface area contributed by atoms with Crippen LogP contribution in [0.25, 0.3) is 10.9 Å². The van der Waals surface area contributed by atoms with Gasteiger partial charge < -0.3 is 19.2 Å². The molecule has 8 heteroatoms. The van der Waals surface area contributed by atoms with Crippen molar-refractivity contribution in [1.29, 1.82) is 0 Å². The molecule has 0 amide bonds. The first-order valence-corrected chi connectivity index (χ1v) is 16.5. The van der Waals surface area contributed by atoms with Crippen molar-refractivity contribution in [1.82, 2.24) is 4.98 Å². The Morgan fingerprint density at radius 2 is 1.43 bits per heavy atom. The molecule has 0 bridgehead atoms.